The number of hydrogen-bond acceptors (Lipinski definition) is 1. The van der Waals surface area contributed by atoms with Gasteiger partial charge in [-0.1, -0.05) is 54.9 Å². The van der Waals surface area contributed by atoms with Crippen LogP contribution in [0.5, 0.6) is 0 Å². The topological polar surface area (TPSA) is 17.1 Å². The minimum absolute atomic E-state index is 0.113. The van der Waals surface area contributed by atoms with E-state index in [1.54, 1.807) is 6.07 Å². The maximum atomic E-state index is 12.6. The Hall–Kier alpha value is -1.12. The monoisotopic (exact) mass is 336 g/mol. The third kappa shape index (κ3) is 3.26. The molecule has 0 aromatic heterocycles. The average molecular weight is 338 g/mol. The van der Waals surface area contributed by atoms with Crippen LogP contribution >= 0.6 is 27.5 Å². The van der Waals surface area contributed by atoms with E-state index in [0.29, 0.717) is 10.6 Å². The second kappa shape index (κ2) is 6.36. The molecule has 0 amide bonds. The molecule has 2 aromatic rings. The molecule has 0 N–H and O–H groups in total. The lowest BCUT2D eigenvalue weighted by Gasteiger charge is -2.14. The van der Waals surface area contributed by atoms with Crippen molar-refractivity contribution < 1.29 is 4.79 Å². The summed E-state index contributed by atoms with van der Waals surface area (Å²) >= 11 is 9.39. The van der Waals surface area contributed by atoms with Gasteiger partial charge in [0.1, 0.15) is 0 Å². The van der Waals surface area contributed by atoms with E-state index in [2.05, 4.69) is 15.9 Å². The summed E-state index contributed by atoms with van der Waals surface area (Å²) in [6, 6.07) is 15.2. The first-order chi connectivity index (χ1) is 9.13. The summed E-state index contributed by atoms with van der Waals surface area (Å²) in [5.41, 5.74) is 1.71. The van der Waals surface area contributed by atoms with Crippen LogP contribution < -0.4 is 0 Å². The van der Waals surface area contributed by atoms with Crippen molar-refractivity contribution in [2.75, 3.05) is 0 Å². The van der Waals surface area contributed by atoms with Crippen molar-refractivity contribution in [2.24, 2.45) is 0 Å². The summed E-state index contributed by atoms with van der Waals surface area (Å²) in [7, 11) is 0. The Kier molecular flexibility index (Phi) is 4.78. The number of benzene rings is 2. The van der Waals surface area contributed by atoms with E-state index in [1.807, 2.05) is 49.4 Å². The minimum Gasteiger partial charge on any atom is -0.293 e. The van der Waals surface area contributed by atoms with Crippen molar-refractivity contribution >= 4 is 33.3 Å². The van der Waals surface area contributed by atoms with Gasteiger partial charge in [-0.2, -0.15) is 0 Å². The van der Waals surface area contributed by atoms with Crippen LogP contribution in [0.2, 0.25) is 5.02 Å². The second-order valence-electron chi connectivity index (χ2n) is 4.36. The summed E-state index contributed by atoms with van der Waals surface area (Å²) in [5.74, 6) is 0.00143. The van der Waals surface area contributed by atoms with E-state index in [1.165, 1.54) is 0 Å². The fraction of sp³-hybridized carbons (Fsp3) is 0.188. The smallest absolute Gasteiger partial charge is 0.170 e. The summed E-state index contributed by atoms with van der Waals surface area (Å²) in [5, 5.41) is 0.564. The van der Waals surface area contributed by atoms with Crippen LogP contribution in [0.4, 0.5) is 0 Å². The number of halogens is 2. The van der Waals surface area contributed by atoms with E-state index in [4.69, 9.17) is 11.6 Å². The molecule has 0 aliphatic carbocycles. The standard InChI is InChI=1S/C16H14BrClO/c1-2-13(11-6-4-3-5-7-11)16(19)12-8-9-14(17)15(18)10-12/h3-10,13H,2H2,1H3. The van der Waals surface area contributed by atoms with Crippen LogP contribution in [0, 0.1) is 0 Å². The molecule has 2 aromatic carbocycles. The highest BCUT2D eigenvalue weighted by molar-refractivity contribution is 9.10. The van der Waals surface area contributed by atoms with Gasteiger partial charge in [-0.15, -0.1) is 0 Å². The molecule has 2 rings (SSSR count). The van der Waals surface area contributed by atoms with E-state index in [9.17, 15) is 4.79 Å². The Bertz CT molecular complexity index is 581. The Morgan fingerprint density at radius 1 is 1.21 bits per heavy atom. The van der Waals surface area contributed by atoms with Crippen LogP contribution in [0.1, 0.15) is 35.2 Å². The van der Waals surface area contributed by atoms with Crippen LogP contribution in [0.3, 0.4) is 0 Å². The van der Waals surface area contributed by atoms with Gasteiger partial charge >= 0.3 is 0 Å². The highest BCUT2D eigenvalue weighted by Gasteiger charge is 2.20. The Morgan fingerprint density at radius 2 is 1.89 bits per heavy atom. The molecule has 0 radical (unpaired) electrons. The van der Waals surface area contributed by atoms with Crippen LogP contribution in [0.15, 0.2) is 53.0 Å². The third-order valence-corrected chi connectivity index (χ3v) is 4.36. The number of rotatable bonds is 4. The molecule has 0 fully saturated rings. The Balaban J connectivity index is 2.33. The largest absolute Gasteiger partial charge is 0.293 e. The molecule has 0 saturated carbocycles. The van der Waals surface area contributed by atoms with Gasteiger partial charge in [0.15, 0.2) is 5.78 Å². The van der Waals surface area contributed by atoms with Gasteiger partial charge < -0.3 is 0 Å². The van der Waals surface area contributed by atoms with Crippen molar-refractivity contribution in [3.63, 3.8) is 0 Å². The predicted octanol–water partition coefficient (Wildman–Crippen LogP) is 5.48. The first-order valence-corrected chi connectivity index (χ1v) is 7.34. The number of hydrogen-bond donors (Lipinski definition) is 0. The van der Waals surface area contributed by atoms with Crippen LogP contribution in [-0.2, 0) is 0 Å². The maximum absolute atomic E-state index is 12.6. The second-order valence-corrected chi connectivity index (χ2v) is 5.63. The molecular formula is C16H14BrClO. The molecular weight excluding hydrogens is 324 g/mol. The molecule has 1 nitrogen and oxygen atoms in total. The number of carbonyl (C=O) groups is 1. The molecule has 1 unspecified atom stereocenters. The fourth-order valence-electron chi connectivity index (χ4n) is 2.11. The zero-order chi connectivity index (χ0) is 13.8. The Labute approximate surface area is 126 Å². The first-order valence-electron chi connectivity index (χ1n) is 6.17. The lowest BCUT2D eigenvalue weighted by Crippen LogP contribution is -2.12. The highest BCUT2D eigenvalue weighted by atomic mass is 79.9. The molecule has 0 bridgehead atoms. The van der Waals surface area contributed by atoms with Crippen molar-refractivity contribution in [3.05, 3.63) is 69.2 Å². The number of ketones is 1. The van der Waals surface area contributed by atoms with Crippen molar-refractivity contribution in [2.45, 2.75) is 19.3 Å². The third-order valence-electron chi connectivity index (χ3n) is 3.13. The lowest BCUT2D eigenvalue weighted by atomic mass is 9.89. The van der Waals surface area contributed by atoms with Gasteiger partial charge in [-0.3, -0.25) is 4.79 Å². The Morgan fingerprint density at radius 3 is 2.47 bits per heavy atom. The average Bonchev–Trinajstić information content (AvgIpc) is 2.44. The van der Waals surface area contributed by atoms with Gasteiger partial charge in [0, 0.05) is 16.0 Å². The van der Waals surface area contributed by atoms with Crippen molar-refractivity contribution in [3.8, 4) is 0 Å². The summed E-state index contributed by atoms with van der Waals surface area (Å²) in [6.07, 6.45) is 0.774. The lowest BCUT2D eigenvalue weighted by molar-refractivity contribution is 0.0957. The van der Waals surface area contributed by atoms with Gasteiger partial charge in [-0.25, -0.2) is 0 Å². The summed E-state index contributed by atoms with van der Waals surface area (Å²) < 4.78 is 0.804. The normalized spacial score (nSPS) is 12.2. The molecule has 0 spiro atoms. The van der Waals surface area contributed by atoms with Crippen LogP contribution in [-0.4, -0.2) is 5.78 Å². The minimum atomic E-state index is -0.113. The zero-order valence-electron chi connectivity index (χ0n) is 10.6. The number of carbonyl (C=O) groups excluding carboxylic acids is 1. The molecule has 0 aliphatic rings. The molecule has 1 atom stereocenters. The SMILES string of the molecule is CCC(C(=O)c1ccc(Br)c(Cl)c1)c1ccccc1. The zero-order valence-corrected chi connectivity index (χ0v) is 12.9. The molecule has 0 saturated heterocycles. The van der Waals surface area contributed by atoms with E-state index >= 15 is 0 Å². The molecule has 0 aliphatic heterocycles. The fourth-order valence-corrected chi connectivity index (χ4v) is 2.54. The summed E-state index contributed by atoms with van der Waals surface area (Å²) in [6.45, 7) is 2.02. The van der Waals surface area contributed by atoms with E-state index in [0.717, 1.165) is 16.5 Å². The number of Topliss-reactive ketones (excluding diaryl/α,β-unsaturated/α-hetero) is 1. The molecule has 3 heteroatoms. The predicted molar refractivity (Wildman–Crippen MR) is 83.0 cm³/mol. The summed E-state index contributed by atoms with van der Waals surface area (Å²) in [4.78, 5) is 12.6. The highest BCUT2D eigenvalue weighted by Crippen LogP contribution is 2.28. The van der Waals surface area contributed by atoms with Gasteiger partial charge in [0.2, 0.25) is 0 Å². The molecule has 98 valence electrons. The van der Waals surface area contributed by atoms with Gasteiger partial charge in [0.05, 0.1) is 5.02 Å². The molecule has 0 heterocycles. The molecule has 19 heavy (non-hydrogen) atoms. The van der Waals surface area contributed by atoms with Crippen molar-refractivity contribution in [1.29, 1.82) is 0 Å². The van der Waals surface area contributed by atoms with Gasteiger partial charge in [-0.05, 0) is 40.0 Å². The van der Waals surface area contributed by atoms with E-state index < -0.39 is 0 Å². The first kappa shape index (κ1) is 14.3. The van der Waals surface area contributed by atoms with Gasteiger partial charge in [0.25, 0.3) is 0 Å². The van der Waals surface area contributed by atoms with Crippen molar-refractivity contribution in [1.82, 2.24) is 0 Å². The quantitative estimate of drug-likeness (QED) is 0.675. The van der Waals surface area contributed by atoms with Crippen LogP contribution in [0.25, 0.3) is 0 Å². The van der Waals surface area contributed by atoms with E-state index in [-0.39, 0.29) is 11.7 Å². The maximum Gasteiger partial charge on any atom is 0.170 e.